The maximum atomic E-state index is 12.3. The molecule has 2 aromatic heterocycles. The normalized spacial score (nSPS) is 16.8. The summed E-state index contributed by atoms with van der Waals surface area (Å²) in [6.07, 6.45) is 16.1. The molecule has 0 spiro atoms. The van der Waals surface area contributed by atoms with Crippen LogP contribution in [0.4, 0.5) is 0 Å². The molecule has 0 radical (unpaired) electrons. The summed E-state index contributed by atoms with van der Waals surface area (Å²) in [4.78, 5) is 24.0. The van der Waals surface area contributed by atoms with Crippen molar-refractivity contribution in [1.29, 1.82) is 0 Å². The topological polar surface area (TPSA) is 73.5 Å². The number of aromatic nitrogens is 2. The van der Waals surface area contributed by atoms with Crippen molar-refractivity contribution in [2.45, 2.75) is 89.1 Å². The number of ether oxygens (including phenoxy) is 1. The molecule has 1 N–H and O–H groups in total. The number of fused-ring (bicyclic) bond motifs is 2. The van der Waals surface area contributed by atoms with Crippen LogP contribution in [-0.2, 0) is 30.7 Å². The van der Waals surface area contributed by atoms with Crippen molar-refractivity contribution >= 4 is 33.7 Å². The molecular formula is C47H48N2O4. The van der Waals surface area contributed by atoms with Crippen LogP contribution in [0.25, 0.3) is 21.8 Å². The number of nitrogens with zero attached hydrogens (tertiary/aromatic N) is 2. The van der Waals surface area contributed by atoms with Crippen molar-refractivity contribution in [1.82, 2.24) is 9.13 Å². The number of benzene rings is 4. The minimum absolute atomic E-state index is 0.232. The van der Waals surface area contributed by atoms with Crippen LogP contribution in [0, 0.1) is 11.8 Å². The molecule has 4 aromatic carbocycles. The first-order valence-corrected chi connectivity index (χ1v) is 19.6. The van der Waals surface area contributed by atoms with Crippen LogP contribution < -0.4 is 0 Å². The number of methoxy groups -OCH3 is 1. The summed E-state index contributed by atoms with van der Waals surface area (Å²) < 4.78 is 9.77. The third-order valence-electron chi connectivity index (χ3n) is 11.8. The highest BCUT2D eigenvalue weighted by molar-refractivity contribution is 5.92. The number of hydrogen-bond acceptors (Lipinski definition) is 3. The van der Waals surface area contributed by atoms with Crippen molar-refractivity contribution in [3.63, 3.8) is 0 Å². The zero-order valence-corrected chi connectivity index (χ0v) is 30.6. The lowest BCUT2D eigenvalue weighted by molar-refractivity contribution is 0.0598. The standard InChI is InChI=1S/C24H25NO2.C23H23NO2/c1-27-24(26)22-14-19(18-5-6-18)7-8-20(22)12-17-4-9-23-21(13-17)10-11-25(23)15-16-2-3-16;25-23(26)21-13-18(17-4-5-17)6-7-19(21)11-16-3-8-22-20(12-16)9-10-24(22)14-15-1-2-15/h4,7-11,13-14,16,18H,2-3,5-6,12,15H2,1H3;3,6-10,12-13,15,17H,1-2,4-5,11,14H2,(H,25,26). The lowest BCUT2D eigenvalue weighted by Crippen LogP contribution is -2.07. The Morgan fingerprint density at radius 1 is 0.604 bits per heavy atom. The summed E-state index contributed by atoms with van der Waals surface area (Å²) in [5.41, 5.74) is 10.6. The average molecular weight is 705 g/mol. The maximum Gasteiger partial charge on any atom is 0.338 e. The van der Waals surface area contributed by atoms with Crippen molar-refractivity contribution in [2.24, 2.45) is 11.8 Å². The first-order chi connectivity index (χ1) is 25.9. The van der Waals surface area contributed by atoms with Crippen LogP contribution in [-0.4, -0.2) is 33.3 Å². The zero-order valence-electron chi connectivity index (χ0n) is 30.6. The van der Waals surface area contributed by atoms with Crippen molar-refractivity contribution in [3.05, 3.63) is 142 Å². The van der Waals surface area contributed by atoms with Gasteiger partial charge in [0.1, 0.15) is 0 Å². The molecule has 0 amide bonds. The number of carboxylic acids is 1. The van der Waals surface area contributed by atoms with Gasteiger partial charge in [0.05, 0.1) is 18.2 Å². The van der Waals surface area contributed by atoms with Crippen LogP contribution in [0.2, 0.25) is 0 Å². The quantitative estimate of drug-likeness (QED) is 0.129. The predicted molar refractivity (Wildman–Crippen MR) is 210 cm³/mol. The van der Waals surface area contributed by atoms with Crippen LogP contribution in [0.5, 0.6) is 0 Å². The molecule has 0 saturated heterocycles. The van der Waals surface area contributed by atoms with Gasteiger partial charge in [-0.1, -0.05) is 36.4 Å². The SMILES string of the molecule is COC(=O)c1cc(C2CC2)ccc1Cc1ccc2c(ccn2CC2CC2)c1.O=C(O)c1cc(C2CC2)ccc1Cc1ccc2c(ccn2CC2CC2)c1. The average Bonchev–Trinajstić information content (AvgIpc) is 3.96. The van der Waals surface area contributed by atoms with Crippen molar-refractivity contribution in [2.75, 3.05) is 7.11 Å². The Morgan fingerprint density at radius 2 is 1.08 bits per heavy atom. The summed E-state index contributed by atoms with van der Waals surface area (Å²) in [7, 11) is 1.46. The Morgan fingerprint density at radius 3 is 1.51 bits per heavy atom. The van der Waals surface area contributed by atoms with E-state index >= 15 is 0 Å². The molecule has 4 aliphatic carbocycles. The number of carboxylic acid groups (broad SMARTS) is 1. The fraction of sp³-hybridized carbons (Fsp3) is 0.362. The van der Waals surface area contributed by atoms with Gasteiger partial charge in [-0.3, -0.25) is 0 Å². The second kappa shape index (κ2) is 14.0. The van der Waals surface area contributed by atoms with Gasteiger partial charge >= 0.3 is 11.9 Å². The van der Waals surface area contributed by atoms with E-state index < -0.39 is 5.97 Å². The summed E-state index contributed by atoms with van der Waals surface area (Å²) in [6.45, 7) is 2.26. The molecule has 2 heterocycles. The Balaban J connectivity index is 0.000000141. The third kappa shape index (κ3) is 7.69. The molecule has 4 aliphatic rings. The number of aromatic carboxylic acids is 1. The van der Waals surface area contributed by atoms with E-state index in [0.717, 1.165) is 42.5 Å². The van der Waals surface area contributed by atoms with Crippen LogP contribution in [0.1, 0.15) is 117 Å². The molecule has 6 heteroatoms. The second-order valence-corrected chi connectivity index (χ2v) is 16.1. The van der Waals surface area contributed by atoms with E-state index in [-0.39, 0.29) is 5.97 Å². The first-order valence-electron chi connectivity index (χ1n) is 19.6. The number of hydrogen-bond donors (Lipinski definition) is 1. The van der Waals surface area contributed by atoms with Gasteiger partial charge in [0.2, 0.25) is 0 Å². The highest BCUT2D eigenvalue weighted by atomic mass is 16.5. The molecule has 10 rings (SSSR count). The highest BCUT2D eigenvalue weighted by Crippen LogP contribution is 2.42. The lowest BCUT2D eigenvalue weighted by atomic mass is 9.96. The highest BCUT2D eigenvalue weighted by Gasteiger charge is 2.27. The van der Waals surface area contributed by atoms with E-state index in [2.05, 4.69) is 88.3 Å². The van der Waals surface area contributed by atoms with Gasteiger partial charge in [-0.2, -0.15) is 0 Å². The van der Waals surface area contributed by atoms with E-state index in [1.54, 1.807) is 0 Å². The summed E-state index contributed by atoms with van der Waals surface area (Å²) in [5.74, 6) is 1.87. The Kier molecular flexibility index (Phi) is 8.93. The Bertz CT molecular complexity index is 2330. The molecule has 270 valence electrons. The second-order valence-electron chi connectivity index (χ2n) is 16.1. The van der Waals surface area contributed by atoms with Gasteiger partial charge in [0.15, 0.2) is 0 Å². The van der Waals surface area contributed by atoms with Crippen LogP contribution in [0.15, 0.2) is 97.3 Å². The minimum Gasteiger partial charge on any atom is -0.478 e. The smallest absolute Gasteiger partial charge is 0.338 e. The summed E-state index contributed by atoms with van der Waals surface area (Å²) in [5, 5.41) is 12.2. The Labute approximate surface area is 311 Å². The number of carbonyl (C=O) groups excluding carboxylic acids is 1. The van der Waals surface area contributed by atoms with E-state index in [1.807, 2.05) is 18.2 Å². The fourth-order valence-corrected chi connectivity index (χ4v) is 7.97. The van der Waals surface area contributed by atoms with Gasteiger partial charge in [0.25, 0.3) is 0 Å². The van der Waals surface area contributed by atoms with Gasteiger partial charge < -0.3 is 19.0 Å². The Hall–Kier alpha value is -5.10. The zero-order chi connectivity index (χ0) is 36.1. The molecule has 0 aliphatic heterocycles. The van der Waals surface area contributed by atoms with Crippen LogP contribution in [0.3, 0.4) is 0 Å². The molecule has 4 fully saturated rings. The van der Waals surface area contributed by atoms with E-state index in [1.165, 1.54) is 103 Å². The third-order valence-corrected chi connectivity index (χ3v) is 11.8. The minimum atomic E-state index is -0.820. The number of esters is 1. The predicted octanol–water partition coefficient (Wildman–Crippen LogP) is 10.5. The van der Waals surface area contributed by atoms with Crippen molar-refractivity contribution in [3.8, 4) is 0 Å². The molecule has 0 bridgehead atoms. The van der Waals surface area contributed by atoms with Gasteiger partial charge in [-0.15, -0.1) is 0 Å². The van der Waals surface area contributed by atoms with E-state index in [4.69, 9.17) is 4.74 Å². The summed E-state index contributed by atoms with van der Waals surface area (Å²) >= 11 is 0. The number of carbonyl (C=O) groups is 2. The monoisotopic (exact) mass is 704 g/mol. The van der Waals surface area contributed by atoms with Gasteiger partial charge in [-0.05, 0) is 181 Å². The van der Waals surface area contributed by atoms with Gasteiger partial charge in [-0.25, -0.2) is 9.59 Å². The molecule has 53 heavy (non-hydrogen) atoms. The number of rotatable bonds is 12. The van der Waals surface area contributed by atoms with Crippen LogP contribution >= 0.6 is 0 Å². The fourth-order valence-electron chi connectivity index (χ4n) is 7.97. The maximum absolute atomic E-state index is 12.3. The van der Waals surface area contributed by atoms with E-state index in [9.17, 15) is 14.7 Å². The molecule has 0 atom stereocenters. The molecule has 4 saturated carbocycles. The molecule has 6 nitrogen and oxygen atoms in total. The lowest BCUT2D eigenvalue weighted by Gasteiger charge is -2.11. The largest absolute Gasteiger partial charge is 0.478 e. The molecular weight excluding hydrogens is 657 g/mol. The first kappa shape index (κ1) is 33.7. The molecule has 6 aromatic rings. The van der Waals surface area contributed by atoms with Crippen molar-refractivity contribution < 1.29 is 19.4 Å². The summed E-state index contributed by atoms with van der Waals surface area (Å²) in [6, 6.07) is 30.0. The molecule has 0 unspecified atom stereocenters. The van der Waals surface area contributed by atoms with E-state index in [0.29, 0.717) is 29.4 Å². The van der Waals surface area contributed by atoms with Gasteiger partial charge in [0, 0.05) is 36.5 Å².